The Morgan fingerprint density at radius 3 is 2.84 bits per heavy atom. The minimum Gasteiger partial charge on any atom is -0.361 e. The fourth-order valence-electron chi connectivity index (χ4n) is 2.12. The van der Waals surface area contributed by atoms with E-state index in [-0.39, 0.29) is 11.8 Å². The van der Waals surface area contributed by atoms with E-state index in [0.717, 1.165) is 4.47 Å². The summed E-state index contributed by atoms with van der Waals surface area (Å²) in [5, 5.41) is 8.88. The molecule has 100 valence electrons. The number of rotatable bonds is 3. The largest absolute Gasteiger partial charge is 0.361 e. The molecule has 19 heavy (non-hydrogen) atoms. The average molecular weight is 323 g/mol. The Labute approximate surface area is 121 Å². The lowest BCUT2D eigenvalue weighted by Crippen LogP contribution is -2.49. The van der Waals surface area contributed by atoms with Crippen LogP contribution in [0.4, 0.5) is 0 Å². The molecule has 0 N–H and O–H groups in total. The van der Waals surface area contributed by atoms with Crippen molar-refractivity contribution >= 4 is 21.7 Å². The number of Topliss-reactive ketones (excluding diaryl/α,β-unsaturated/α-hetero) is 1. The third kappa shape index (κ3) is 3.41. The van der Waals surface area contributed by atoms with E-state index < -0.39 is 6.10 Å². The molecular formula is C14H15BrN2O2. The SMILES string of the molecule is CC(C(=O)c1ccc(Br)cc1)N1CCOC(C#N)C1. The quantitative estimate of drug-likeness (QED) is 0.801. The zero-order valence-corrected chi connectivity index (χ0v) is 12.3. The van der Waals surface area contributed by atoms with Gasteiger partial charge in [0.1, 0.15) is 0 Å². The number of nitriles is 1. The number of carbonyl (C=O) groups is 1. The average Bonchev–Trinajstić information content (AvgIpc) is 2.46. The van der Waals surface area contributed by atoms with Gasteiger partial charge >= 0.3 is 0 Å². The molecule has 0 radical (unpaired) electrons. The first-order valence-corrected chi connectivity index (χ1v) is 6.96. The lowest BCUT2D eigenvalue weighted by molar-refractivity contribution is -0.0109. The van der Waals surface area contributed by atoms with Gasteiger partial charge in [0.05, 0.1) is 18.7 Å². The molecule has 4 nitrogen and oxygen atoms in total. The van der Waals surface area contributed by atoms with Crippen molar-refractivity contribution in [2.45, 2.75) is 19.1 Å². The van der Waals surface area contributed by atoms with E-state index in [1.54, 1.807) is 0 Å². The fraction of sp³-hybridized carbons (Fsp3) is 0.429. The Morgan fingerprint density at radius 2 is 2.21 bits per heavy atom. The summed E-state index contributed by atoms with van der Waals surface area (Å²) < 4.78 is 6.24. The predicted molar refractivity (Wildman–Crippen MR) is 74.9 cm³/mol. The second-order valence-electron chi connectivity index (χ2n) is 4.53. The van der Waals surface area contributed by atoms with Crippen LogP contribution < -0.4 is 0 Å². The first-order valence-electron chi connectivity index (χ1n) is 6.17. The molecule has 1 aliphatic rings. The molecule has 2 rings (SSSR count). The number of halogens is 1. The van der Waals surface area contributed by atoms with Crippen LogP contribution in [0.15, 0.2) is 28.7 Å². The van der Waals surface area contributed by atoms with Crippen LogP contribution in [-0.2, 0) is 4.74 Å². The Morgan fingerprint density at radius 1 is 1.53 bits per heavy atom. The number of ether oxygens (including phenoxy) is 1. The van der Waals surface area contributed by atoms with Crippen LogP contribution in [0.3, 0.4) is 0 Å². The number of benzene rings is 1. The van der Waals surface area contributed by atoms with Crippen molar-refractivity contribution in [3.8, 4) is 6.07 Å². The maximum Gasteiger partial charge on any atom is 0.179 e. The second-order valence-corrected chi connectivity index (χ2v) is 5.45. The maximum atomic E-state index is 12.4. The van der Waals surface area contributed by atoms with Gasteiger partial charge in [0.25, 0.3) is 0 Å². The molecule has 5 heteroatoms. The molecule has 0 spiro atoms. The van der Waals surface area contributed by atoms with Crippen LogP contribution in [-0.4, -0.2) is 42.5 Å². The van der Waals surface area contributed by atoms with Crippen LogP contribution in [0.5, 0.6) is 0 Å². The molecule has 0 amide bonds. The first-order chi connectivity index (χ1) is 9.11. The highest BCUT2D eigenvalue weighted by molar-refractivity contribution is 9.10. The second kappa shape index (κ2) is 6.29. The third-order valence-corrected chi connectivity index (χ3v) is 3.83. The van der Waals surface area contributed by atoms with Gasteiger partial charge in [0, 0.05) is 23.1 Å². The van der Waals surface area contributed by atoms with Crippen molar-refractivity contribution in [2.75, 3.05) is 19.7 Å². The van der Waals surface area contributed by atoms with Gasteiger partial charge in [-0.25, -0.2) is 0 Å². The van der Waals surface area contributed by atoms with Crippen LogP contribution in [0.1, 0.15) is 17.3 Å². The Bertz CT molecular complexity index is 495. The monoisotopic (exact) mass is 322 g/mol. The standard InChI is InChI=1S/C14H15BrN2O2/c1-10(17-6-7-19-13(8-16)9-17)14(18)11-2-4-12(15)5-3-11/h2-5,10,13H,6-7,9H2,1H3. The highest BCUT2D eigenvalue weighted by atomic mass is 79.9. The summed E-state index contributed by atoms with van der Waals surface area (Å²) in [6.07, 6.45) is -0.436. The van der Waals surface area contributed by atoms with Gasteiger partial charge in [0.2, 0.25) is 0 Å². The molecule has 1 aromatic rings. The smallest absolute Gasteiger partial charge is 0.179 e. The van der Waals surface area contributed by atoms with E-state index in [4.69, 9.17) is 10.00 Å². The summed E-state index contributed by atoms with van der Waals surface area (Å²) in [5.41, 5.74) is 0.690. The lowest BCUT2D eigenvalue weighted by atomic mass is 10.0. The Hall–Kier alpha value is -1.22. The van der Waals surface area contributed by atoms with E-state index in [9.17, 15) is 4.79 Å². The summed E-state index contributed by atoms with van der Waals surface area (Å²) in [5.74, 6) is 0.0751. The number of carbonyl (C=O) groups excluding carboxylic acids is 1. The number of hydrogen-bond acceptors (Lipinski definition) is 4. The van der Waals surface area contributed by atoms with Gasteiger partial charge in [-0.1, -0.05) is 28.1 Å². The Kier molecular flexibility index (Phi) is 4.70. The van der Waals surface area contributed by atoms with Gasteiger partial charge in [-0.2, -0.15) is 5.26 Å². The van der Waals surface area contributed by atoms with E-state index in [1.807, 2.05) is 36.1 Å². The first kappa shape index (κ1) is 14.2. The van der Waals surface area contributed by atoms with E-state index in [0.29, 0.717) is 25.3 Å². The van der Waals surface area contributed by atoms with Crippen LogP contribution in [0, 0.1) is 11.3 Å². The molecule has 1 saturated heterocycles. The topological polar surface area (TPSA) is 53.3 Å². The van der Waals surface area contributed by atoms with Crippen molar-refractivity contribution in [1.82, 2.24) is 4.90 Å². The van der Waals surface area contributed by atoms with Crippen LogP contribution in [0.2, 0.25) is 0 Å². The minimum absolute atomic E-state index is 0.0751. The highest BCUT2D eigenvalue weighted by Gasteiger charge is 2.28. The molecule has 2 atom stereocenters. The number of ketones is 1. The van der Waals surface area contributed by atoms with Crippen molar-refractivity contribution in [1.29, 1.82) is 5.26 Å². The molecule has 0 aliphatic carbocycles. The molecular weight excluding hydrogens is 308 g/mol. The summed E-state index contributed by atoms with van der Waals surface area (Å²) >= 11 is 3.35. The lowest BCUT2D eigenvalue weighted by Gasteiger charge is -2.33. The summed E-state index contributed by atoms with van der Waals surface area (Å²) in [6, 6.07) is 9.20. The Balaban J connectivity index is 2.06. The van der Waals surface area contributed by atoms with Crippen molar-refractivity contribution in [3.05, 3.63) is 34.3 Å². The molecule has 0 bridgehead atoms. The van der Waals surface area contributed by atoms with Gasteiger partial charge < -0.3 is 4.74 Å². The van der Waals surface area contributed by atoms with Crippen molar-refractivity contribution < 1.29 is 9.53 Å². The number of morpholine rings is 1. The highest BCUT2D eigenvalue weighted by Crippen LogP contribution is 2.16. The van der Waals surface area contributed by atoms with Crippen molar-refractivity contribution in [3.63, 3.8) is 0 Å². The summed E-state index contributed by atoms with van der Waals surface area (Å²) in [6.45, 7) is 3.54. The minimum atomic E-state index is -0.436. The molecule has 0 aromatic heterocycles. The predicted octanol–water partition coefficient (Wildman–Crippen LogP) is 2.24. The molecule has 1 aliphatic heterocycles. The van der Waals surface area contributed by atoms with Crippen molar-refractivity contribution in [2.24, 2.45) is 0 Å². The van der Waals surface area contributed by atoms with Crippen LogP contribution in [0.25, 0.3) is 0 Å². The van der Waals surface area contributed by atoms with Gasteiger partial charge in [0.15, 0.2) is 11.9 Å². The molecule has 0 saturated carbocycles. The molecule has 1 aromatic carbocycles. The summed E-state index contributed by atoms with van der Waals surface area (Å²) in [4.78, 5) is 14.4. The normalized spacial score (nSPS) is 21.6. The number of hydrogen-bond donors (Lipinski definition) is 0. The number of nitrogens with zero attached hydrogens (tertiary/aromatic N) is 2. The van der Waals surface area contributed by atoms with Gasteiger partial charge in [-0.3, -0.25) is 9.69 Å². The molecule has 1 fully saturated rings. The zero-order valence-electron chi connectivity index (χ0n) is 10.7. The maximum absolute atomic E-state index is 12.4. The van der Waals surface area contributed by atoms with Gasteiger partial charge in [-0.05, 0) is 19.1 Å². The molecule has 1 heterocycles. The van der Waals surface area contributed by atoms with E-state index in [2.05, 4.69) is 22.0 Å². The third-order valence-electron chi connectivity index (χ3n) is 3.30. The molecule has 2 unspecified atom stereocenters. The van der Waals surface area contributed by atoms with E-state index in [1.165, 1.54) is 0 Å². The van der Waals surface area contributed by atoms with Crippen LogP contribution >= 0.6 is 15.9 Å². The zero-order chi connectivity index (χ0) is 13.8. The van der Waals surface area contributed by atoms with E-state index >= 15 is 0 Å². The summed E-state index contributed by atoms with van der Waals surface area (Å²) in [7, 11) is 0. The van der Waals surface area contributed by atoms with Gasteiger partial charge in [-0.15, -0.1) is 0 Å². The fourth-order valence-corrected chi connectivity index (χ4v) is 2.38.